The Balaban J connectivity index is 1.96. The molecular weight excluding hydrogens is 272 g/mol. The molecule has 0 radical (unpaired) electrons. The quantitative estimate of drug-likeness (QED) is 0.866. The molecule has 18 heavy (non-hydrogen) atoms. The molecule has 1 aliphatic carbocycles. The zero-order valence-electron chi connectivity index (χ0n) is 10.1. The Morgan fingerprint density at radius 3 is 2.61 bits per heavy atom. The van der Waals surface area contributed by atoms with E-state index in [2.05, 4.69) is 9.71 Å². The summed E-state index contributed by atoms with van der Waals surface area (Å²) in [7, 11) is -3.28. The summed E-state index contributed by atoms with van der Waals surface area (Å²) in [6.45, 7) is 0. The lowest BCUT2D eigenvalue weighted by Crippen LogP contribution is -2.24. The second-order valence-electron chi connectivity index (χ2n) is 4.76. The van der Waals surface area contributed by atoms with Crippen LogP contribution in [0.2, 0.25) is 5.15 Å². The number of pyridine rings is 1. The van der Waals surface area contributed by atoms with Gasteiger partial charge in [0.15, 0.2) is 0 Å². The average molecular weight is 289 g/mol. The molecule has 1 saturated carbocycles. The highest BCUT2D eigenvalue weighted by Crippen LogP contribution is 2.25. The lowest BCUT2D eigenvalue weighted by molar-refractivity contribution is 0.385. The minimum absolute atomic E-state index is 0.204. The summed E-state index contributed by atoms with van der Waals surface area (Å²) >= 11 is 5.65. The first-order valence-electron chi connectivity index (χ1n) is 6.17. The van der Waals surface area contributed by atoms with Crippen LogP contribution in [0.1, 0.15) is 32.1 Å². The van der Waals surface area contributed by atoms with Crippen molar-refractivity contribution >= 4 is 27.3 Å². The minimum atomic E-state index is -3.28. The molecule has 0 saturated heterocycles. The largest absolute Gasteiger partial charge is 0.282 e. The molecule has 1 fully saturated rings. The summed E-state index contributed by atoms with van der Waals surface area (Å²) in [5.74, 6) is 0.492. The predicted molar refractivity (Wildman–Crippen MR) is 73.2 cm³/mol. The standard InChI is InChI=1S/C12H17ClN2O2S/c13-12-7-6-11(8-14-12)15-18(16,17)9-10-4-2-1-3-5-10/h6-8,10,15H,1-5,9H2. The molecular formula is C12H17ClN2O2S. The summed E-state index contributed by atoms with van der Waals surface area (Å²) in [5, 5.41) is 0.352. The van der Waals surface area contributed by atoms with Gasteiger partial charge in [-0.05, 0) is 30.9 Å². The lowest BCUT2D eigenvalue weighted by atomic mass is 9.91. The molecule has 2 rings (SSSR count). The highest BCUT2D eigenvalue weighted by molar-refractivity contribution is 7.92. The summed E-state index contributed by atoms with van der Waals surface area (Å²) in [4.78, 5) is 3.85. The van der Waals surface area contributed by atoms with Crippen molar-refractivity contribution in [2.45, 2.75) is 32.1 Å². The van der Waals surface area contributed by atoms with Crippen LogP contribution >= 0.6 is 11.6 Å². The Labute approximate surface area is 113 Å². The molecule has 0 aliphatic heterocycles. The van der Waals surface area contributed by atoms with Crippen LogP contribution in [0.15, 0.2) is 18.3 Å². The van der Waals surface area contributed by atoms with E-state index in [1.807, 2.05) is 0 Å². The smallest absolute Gasteiger partial charge is 0.233 e. The van der Waals surface area contributed by atoms with E-state index in [4.69, 9.17) is 11.6 Å². The van der Waals surface area contributed by atoms with Gasteiger partial charge in [-0.3, -0.25) is 4.72 Å². The average Bonchev–Trinajstić information content (AvgIpc) is 2.32. The minimum Gasteiger partial charge on any atom is -0.282 e. The van der Waals surface area contributed by atoms with Crippen LogP contribution in [-0.2, 0) is 10.0 Å². The van der Waals surface area contributed by atoms with Gasteiger partial charge >= 0.3 is 0 Å². The Morgan fingerprint density at radius 1 is 1.28 bits per heavy atom. The van der Waals surface area contributed by atoms with Crippen molar-refractivity contribution in [3.63, 3.8) is 0 Å². The van der Waals surface area contributed by atoms with E-state index in [1.165, 1.54) is 12.6 Å². The maximum atomic E-state index is 12.0. The maximum absolute atomic E-state index is 12.0. The number of sulfonamides is 1. The molecule has 1 aliphatic rings. The number of rotatable bonds is 4. The van der Waals surface area contributed by atoms with Gasteiger partial charge in [0.05, 0.1) is 17.6 Å². The molecule has 0 amide bonds. The van der Waals surface area contributed by atoms with E-state index < -0.39 is 10.0 Å². The van der Waals surface area contributed by atoms with E-state index in [0.717, 1.165) is 25.7 Å². The van der Waals surface area contributed by atoms with Crippen molar-refractivity contribution in [1.29, 1.82) is 0 Å². The molecule has 1 aromatic heterocycles. The number of halogens is 1. The summed E-state index contributed by atoms with van der Waals surface area (Å²) in [6, 6.07) is 3.19. The molecule has 6 heteroatoms. The van der Waals surface area contributed by atoms with Gasteiger partial charge in [-0.15, -0.1) is 0 Å². The van der Waals surface area contributed by atoms with E-state index >= 15 is 0 Å². The van der Waals surface area contributed by atoms with E-state index in [-0.39, 0.29) is 11.7 Å². The van der Waals surface area contributed by atoms with Crippen molar-refractivity contribution in [2.75, 3.05) is 10.5 Å². The Morgan fingerprint density at radius 2 is 2.00 bits per heavy atom. The van der Waals surface area contributed by atoms with Crippen molar-refractivity contribution in [3.05, 3.63) is 23.5 Å². The summed E-state index contributed by atoms with van der Waals surface area (Å²) < 4.78 is 26.5. The first-order valence-corrected chi connectivity index (χ1v) is 8.20. The Kier molecular flexibility index (Phi) is 4.45. The van der Waals surface area contributed by atoms with Gasteiger partial charge in [0.2, 0.25) is 10.0 Å². The Bertz CT molecular complexity index is 481. The SMILES string of the molecule is O=S(=O)(CC1CCCCC1)Nc1ccc(Cl)nc1. The normalized spacial score (nSPS) is 17.6. The van der Waals surface area contributed by atoms with Crippen LogP contribution in [-0.4, -0.2) is 19.2 Å². The van der Waals surface area contributed by atoms with Gasteiger partial charge in [0, 0.05) is 0 Å². The molecule has 0 atom stereocenters. The first kappa shape index (κ1) is 13.6. The molecule has 0 unspecified atom stereocenters. The molecule has 0 aromatic carbocycles. The molecule has 1 heterocycles. The number of nitrogens with zero attached hydrogens (tertiary/aromatic N) is 1. The zero-order valence-corrected chi connectivity index (χ0v) is 11.7. The molecule has 100 valence electrons. The monoisotopic (exact) mass is 288 g/mol. The number of aromatic nitrogens is 1. The van der Waals surface area contributed by atoms with Crippen LogP contribution < -0.4 is 4.72 Å². The van der Waals surface area contributed by atoms with Gasteiger partial charge in [0.1, 0.15) is 5.15 Å². The summed E-state index contributed by atoms with van der Waals surface area (Å²) in [6.07, 6.45) is 6.97. The number of hydrogen-bond acceptors (Lipinski definition) is 3. The van der Waals surface area contributed by atoms with Gasteiger partial charge < -0.3 is 0 Å². The third-order valence-electron chi connectivity index (χ3n) is 3.18. The van der Waals surface area contributed by atoms with Crippen molar-refractivity contribution < 1.29 is 8.42 Å². The van der Waals surface area contributed by atoms with E-state index in [0.29, 0.717) is 10.8 Å². The lowest BCUT2D eigenvalue weighted by Gasteiger charge is -2.21. The van der Waals surface area contributed by atoms with Crippen LogP contribution in [0, 0.1) is 5.92 Å². The molecule has 1 aromatic rings. The van der Waals surface area contributed by atoms with Gasteiger partial charge in [0.25, 0.3) is 0 Å². The molecule has 4 nitrogen and oxygen atoms in total. The van der Waals surface area contributed by atoms with E-state index in [9.17, 15) is 8.42 Å². The fraction of sp³-hybridized carbons (Fsp3) is 0.583. The predicted octanol–water partition coefficient (Wildman–Crippen LogP) is 3.06. The molecule has 0 bridgehead atoms. The van der Waals surface area contributed by atoms with Gasteiger partial charge in [-0.1, -0.05) is 30.9 Å². The van der Waals surface area contributed by atoms with Crippen molar-refractivity contribution in [3.8, 4) is 0 Å². The Hall–Kier alpha value is -0.810. The maximum Gasteiger partial charge on any atom is 0.233 e. The highest BCUT2D eigenvalue weighted by Gasteiger charge is 2.21. The van der Waals surface area contributed by atoms with E-state index in [1.54, 1.807) is 12.1 Å². The highest BCUT2D eigenvalue weighted by atomic mass is 35.5. The fourth-order valence-electron chi connectivity index (χ4n) is 2.32. The number of hydrogen-bond donors (Lipinski definition) is 1. The molecule has 1 N–H and O–H groups in total. The second kappa shape index (κ2) is 5.89. The summed E-state index contributed by atoms with van der Waals surface area (Å²) in [5.41, 5.74) is 0.468. The fourth-order valence-corrected chi connectivity index (χ4v) is 3.95. The van der Waals surface area contributed by atoms with Crippen LogP contribution in [0.3, 0.4) is 0 Å². The third-order valence-corrected chi connectivity index (χ3v) is 4.86. The van der Waals surface area contributed by atoms with Crippen LogP contribution in [0.4, 0.5) is 5.69 Å². The van der Waals surface area contributed by atoms with Crippen LogP contribution in [0.25, 0.3) is 0 Å². The van der Waals surface area contributed by atoms with Crippen molar-refractivity contribution in [2.24, 2.45) is 5.92 Å². The molecule has 0 spiro atoms. The van der Waals surface area contributed by atoms with Gasteiger partial charge in [-0.25, -0.2) is 13.4 Å². The third kappa shape index (κ3) is 4.14. The second-order valence-corrected chi connectivity index (χ2v) is 6.91. The van der Waals surface area contributed by atoms with Gasteiger partial charge in [-0.2, -0.15) is 0 Å². The van der Waals surface area contributed by atoms with Crippen molar-refractivity contribution in [1.82, 2.24) is 4.98 Å². The topological polar surface area (TPSA) is 59.1 Å². The zero-order chi connectivity index (χ0) is 13.0. The number of nitrogens with one attached hydrogen (secondary N) is 1. The first-order chi connectivity index (χ1) is 8.55. The van der Waals surface area contributed by atoms with Crippen LogP contribution in [0.5, 0.6) is 0 Å². The number of anilines is 1.